The van der Waals surface area contributed by atoms with Gasteiger partial charge >= 0.3 is 7.60 Å². The molecule has 3 aromatic rings. The number of hydrogen-bond acceptors (Lipinski definition) is 5. The van der Waals surface area contributed by atoms with E-state index in [1.807, 2.05) is 74.5 Å². The first-order valence-electron chi connectivity index (χ1n) is 14.4. The van der Waals surface area contributed by atoms with Crippen molar-refractivity contribution in [3.8, 4) is 0 Å². The molecule has 0 aliphatic heterocycles. The minimum absolute atomic E-state index is 0.139. The van der Waals surface area contributed by atoms with Crippen molar-refractivity contribution in [3.63, 3.8) is 0 Å². The Balaban J connectivity index is 1.82. The average molecular weight is 614 g/mol. The Labute approximate surface area is 254 Å². The predicted molar refractivity (Wildman–Crippen MR) is 170 cm³/mol. The Kier molecular flexibility index (Phi) is 14.1. The van der Waals surface area contributed by atoms with Crippen LogP contribution in [0.15, 0.2) is 84.9 Å². The largest absolute Gasteiger partial charge is 0.357 e. The average Bonchev–Trinajstić information content (AvgIpc) is 3.00. The molecule has 0 fully saturated rings. The number of unbranched alkanes of at least 4 members (excludes halogenated alkanes) is 2. The molecule has 0 bridgehead atoms. The van der Waals surface area contributed by atoms with Gasteiger partial charge < -0.3 is 25.0 Å². The van der Waals surface area contributed by atoms with Crippen molar-refractivity contribution in [1.29, 1.82) is 0 Å². The Hall–Kier alpha value is -3.10. The van der Waals surface area contributed by atoms with Crippen LogP contribution in [0.4, 0.5) is 4.39 Å². The maximum atomic E-state index is 14.3. The van der Waals surface area contributed by atoms with Crippen molar-refractivity contribution in [3.05, 3.63) is 107 Å². The first kappa shape index (κ1) is 33.4. The zero-order valence-electron chi connectivity index (χ0n) is 24.3. The Morgan fingerprint density at radius 2 is 1.40 bits per heavy atom. The van der Waals surface area contributed by atoms with Gasteiger partial charge in [-0.3, -0.25) is 9.36 Å². The predicted octanol–water partition coefficient (Wildman–Crippen LogP) is 7.04. The molecule has 3 rings (SSSR count). The van der Waals surface area contributed by atoms with E-state index in [1.165, 1.54) is 12.1 Å². The van der Waals surface area contributed by atoms with Gasteiger partial charge in [0.05, 0.1) is 13.2 Å². The van der Waals surface area contributed by atoms with Crippen molar-refractivity contribution in [1.82, 2.24) is 16.0 Å². The van der Waals surface area contributed by atoms with E-state index in [0.29, 0.717) is 12.0 Å². The summed E-state index contributed by atoms with van der Waals surface area (Å²) in [6, 6.07) is 24.1. The first-order chi connectivity index (χ1) is 20.3. The van der Waals surface area contributed by atoms with Gasteiger partial charge in [-0.25, -0.2) is 4.39 Å². The number of benzene rings is 3. The molecule has 0 radical (unpaired) electrons. The summed E-state index contributed by atoms with van der Waals surface area (Å²) in [6.45, 7) is 4.87. The van der Waals surface area contributed by atoms with Crippen molar-refractivity contribution in [2.24, 2.45) is 0 Å². The molecular weight excluding hydrogens is 572 g/mol. The molecule has 42 heavy (non-hydrogen) atoms. The van der Waals surface area contributed by atoms with Crippen LogP contribution in [0.5, 0.6) is 0 Å². The summed E-state index contributed by atoms with van der Waals surface area (Å²) in [7, 11) is -3.72. The van der Waals surface area contributed by atoms with E-state index in [2.05, 4.69) is 16.0 Å². The molecular formula is C32H41FN3O4PS. The van der Waals surface area contributed by atoms with Gasteiger partial charge in [0.2, 0.25) is 5.91 Å². The lowest BCUT2D eigenvalue weighted by atomic mass is 10.1. The van der Waals surface area contributed by atoms with E-state index >= 15 is 0 Å². The van der Waals surface area contributed by atoms with Crippen molar-refractivity contribution in [2.45, 2.75) is 64.3 Å². The highest BCUT2D eigenvalue weighted by Crippen LogP contribution is 2.59. The van der Waals surface area contributed by atoms with Gasteiger partial charge in [-0.2, -0.15) is 0 Å². The van der Waals surface area contributed by atoms with Crippen LogP contribution in [0, 0.1) is 5.82 Å². The van der Waals surface area contributed by atoms with Crippen LogP contribution in [0.2, 0.25) is 0 Å². The molecule has 0 saturated heterocycles. The van der Waals surface area contributed by atoms with Crippen LogP contribution < -0.4 is 16.0 Å². The van der Waals surface area contributed by atoms with Crippen LogP contribution in [0.25, 0.3) is 0 Å². The second-order valence-corrected chi connectivity index (χ2v) is 12.5. The summed E-state index contributed by atoms with van der Waals surface area (Å²) < 4.78 is 39.5. The second-order valence-electron chi connectivity index (χ2n) is 9.93. The molecule has 1 amide bonds. The molecule has 0 aromatic heterocycles. The number of thiocarbonyl (C=S) groups is 1. The quantitative estimate of drug-likeness (QED) is 0.0855. The molecule has 10 heteroatoms. The van der Waals surface area contributed by atoms with E-state index < -0.39 is 19.4 Å². The van der Waals surface area contributed by atoms with Gasteiger partial charge in [-0.1, -0.05) is 99.5 Å². The molecule has 0 spiro atoms. The third kappa shape index (κ3) is 11.0. The number of carbonyl (C=O) groups is 1. The van der Waals surface area contributed by atoms with Crippen LogP contribution in [-0.4, -0.2) is 30.3 Å². The van der Waals surface area contributed by atoms with Gasteiger partial charge in [0, 0.05) is 13.0 Å². The molecule has 7 nitrogen and oxygen atoms in total. The molecule has 2 atom stereocenters. The highest BCUT2D eigenvalue weighted by atomic mass is 32.1. The lowest BCUT2D eigenvalue weighted by molar-refractivity contribution is -0.122. The molecule has 1 unspecified atom stereocenters. The molecule has 0 heterocycles. The van der Waals surface area contributed by atoms with Gasteiger partial charge in [-0.05, 0) is 53.9 Å². The monoisotopic (exact) mass is 613 g/mol. The lowest BCUT2D eigenvalue weighted by Gasteiger charge is -2.30. The summed E-state index contributed by atoms with van der Waals surface area (Å²) in [4.78, 5) is 13.4. The Morgan fingerprint density at radius 1 is 0.833 bits per heavy atom. The van der Waals surface area contributed by atoms with Crippen LogP contribution in [0.3, 0.4) is 0 Å². The molecule has 0 aliphatic carbocycles. The molecule has 0 saturated carbocycles. The summed E-state index contributed by atoms with van der Waals surface area (Å²) in [5.41, 5.74) is 2.40. The summed E-state index contributed by atoms with van der Waals surface area (Å²) in [6.07, 6.45) is 3.59. The van der Waals surface area contributed by atoms with E-state index in [1.54, 1.807) is 12.1 Å². The fourth-order valence-electron chi connectivity index (χ4n) is 4.14. The van der Waals surface area contributed by atoms with Crippen molar-refractivity contribution in [2.75, 3.05) is 13.2 Å². The molecule has 3 N–H and O–H groups in total. The number of halogens is 1. The standard InChI is InChI=1S/C32H41FN3O4PS/c1-3-5-21-39-41(38,40-22-6-4-2)31(27-15-11-8-12-16-27)36-32(42)35-29(23-25-13-9-7-10-14-25)30(37)34-24-26-17-19-28(33)20-18-26/h7-20,29,31H,3-6,21-24H2,1-2H3,(H,34,37)(H2,35,36,42)/t29-,31?/m0/s1. The first-order valence-corrected chi connectivity index (χ1v) is 16.4. The van der Waals surface area contributed by atoms with Crippen LogP contribution >= 0.6 is 19.8 Å². The number of carbonyl (C=O) groups excluding carboxylic acids is 1. The van der Waals surface area contributed by atoms with E-state index in [-0.39, 0.29) is 36.6 Å². The number of hydrogen-bond donors (Lipinski definition) is 3. The Morgan fingerprint density at radius 3 is 1.98 bits per heavy atom. The smallest absolute Gasteiger partial charge is 0.351 e. The maximum Gasteiger partial charge on any atom is 0.357 e. The number of rotatable bonds is 17. The number of amides is 1. The van der Waals surface area contributed by atoms with E-state index in [4.69, 9.17) is 21.3 Å². The lowest BCUT2D eigenvalue weighted by Crippen LogP contribution is -2.51. The summed E-state index contributed by atoms with van der Waals surface area (Å²) >= 11 is 5.70. The van der Waals surface area contributed by atoms with Crippen LogP contribution in [0.1, 0.15) is 62.0 Å². The third-order valence-electron chi connectivity index (χ3n) is 6.52. The zero-order chi connectivity index (χ0) is 30.2. The minimum atomic E-state index is -3.72. The van der Waals surface area contributed by atoms with Crippen molar-refractivity contribution < 1.29 is 22.8 Å². The third-order valence-corrected chi connectivity index (χ3v) is 8.90. The molecule has 0 aliphatic rings. The highest BCUT2D eigenvalue weighted by molar-refractivity contribution is 7.80. The molecule has 3 aromatic carbocycles. The second kappa shape index (κ2) is 17.8. The van der Waals surface area contributed by atoms with Gasteiger partial charge in [-0.15, -0.1) is 0 Å². The highest BCUT2D eigenvalue weighted by Gasteiger charge is 2.38. The fourth-order valence-corrected chi connectivity index (χ4v) is 6.45. The van der Waals surface area contributed by atoms with Gasteiger partial charge in [0.15, 0.2) is 10.9 Å². The SMILES string of the molecule is CCCCOP(=O)(OCCCC)C(NC(=S)N[C@@H](Cc1ccccc1)C(=O)NCc1ccc(F)cc1)c1ccccc1. The van der Waals surface area contributed by atoms with Gasteiger partial charge in [0.25, 0.3) is 0 Å². The topological polar surface area (TPSA) is 88.7 Å². The van der Waals surface area contributed by atoms with E-state index in [0.717, 1.165) is 36.8 Å². The van der Waals surface area contributed by atoms with Crippen LogP contribution in [-0.2, 0) is 31.4 Å². The fraction of sp³-hybridized carbons (Fsp3) is 0.375. The number of nitrogens with one attached hydrogen (secondary N) is 3. The minimum Gasteiger partial charge on any atom is -0.351 e. The van der Waals surface area contributed by atoms with Crippen molar-refractivity contribution >= 4 is 30.8 Å². The summed E-state index contributed by atoms with van der Waals surface area (Å²) in [5.74, 6) is -1.51. The Bertz CT molecular complexity index is 1270. The van der Waals surface area contributed by atoms with Gasteiger partial charge in [0.1, 0.15) is 11.9 Å². The molecule has 226 valence electrons. The maximum absolute atomic E-state index is 14.3. The summed E-state index contributed by atoms with van der Waals surface area (Å²) in [5, 5.41) is 9.35. The zero-order valence-corrected chi connectivity index (χ0v) is 26.0. The normalized spacial score (nSPS) is 12.7. The van der Waals surface area contributed by atoms with E-state index in [9.17, 15) is 13.8 Å².